The maximum absolute atomic E-state index is 12.9. The summed E-state index contributed by atoms with van der Waals surface area (Å²) in [4.78, 5) is 12.8. The van der Waals surface area contributed by atoms with E-state index in [1.807, 2.05) is 43.3 Å². The molecule has 38 heavy (non-hydrogen) atoms. The molecule has 0 bridgehead atoms. The van der Waals surface area contributed by atoms with Crippen molar-refractivity contribution in [3.05, 3.63) is 55.1 Å². The van der Waals surface area contributed by atoms with Crippen LogP contribution in [0.3, 0.4) is 0 Å². The summed E-state index contributed by atoms with van der Waals surface area (Å²) < 4.78 is 45.8. The van der Waals surface area contributed by atoms with Crippen molar-refractivity contribution in [2.75, 3.05) is 12.3 Å². The molecule has 4 heterocycles. The fraction of sp³-hybridized carbons (Fsp3) is 0.423. The molecular weight excluding hydrogens is 509 g/mol. The molecule has 2 N–H and O–H groups in total. The Labute approximate surface area is 219 Å². The molecule has 2 aliphatic heterocycles. The number of nitrogens with two attached hydrogens (primary N) is 1. The minimum Gasteiger partial charge on any atom is -0.382 e. The van der Waals surface area contributed by atoms with Crippen molar-refractivity contribution in [2.45, 2.75) is 62.4 Å². The fourth-order valence-electron chi connectivity index (χ4n) is 6.00. The van der Waals surface area contributed by atoms with Crippen LogP contribution in [0.5, 0.6) is 5.75 Å². The largest absolute Gasteiger partial charge is 0.750 e. The molecule has 1 spiro atoms. The monoisotopic (exact) mass is 536 g/mol. The third-order valence-corrected chi connectivity index (χ3v) is 8.42. The van der Waals surface area contributed by atoms with Gasteiger partial charge < -0.3 is 19.9 Å². The van der Waals surface area contributed by atoms with E-state index in [-0.39, 0.29) is 12.4 Å². The maximum atomic E-state index is 12.9. The molecule has 2 aromatic heterocycles. The Kier molecular flexibility index (Phi) is 5.61. The summed E-state index contributed by atoms with van der Waals surface area (Å²) in [6, 6.07) is 13.3. The van der Waals surface area contributed by atoms with Crippen molar-refractivity contribution in [1.29, 1.82) is 0 Å². The molecular formula is C26H27N5O6P+. The van der Waals surface area contributed by atoms with Crippen LogP contribution < -0.4 is 10.3 Å². The third kappa shape index (κ3) is 3.77. The molecule has 2 aromatic carbocycles. The first kappa shape index (κ1) is 23.9. The van der Waals surface area contributed by atoms with Gasteiger partial charge in [-0.05, 0) is 31.2 Å². The average molecular weight is 537 g/mol. The van der Waals surface area contributed by atoms with E-state index in [0.29, 0.717) is 16.9 Å². The van der Waals surface area contributed by atoms with E-state index in [4.69, 9.17) is 29.0 Å². The molecule has 12 heteroatoms. The number of hydrogen-bond acceptors (Lipinski definition) is 10. The topological polar surface area (TPSA) is 133 Å². The zero-order valence-corrected chi connectivity index (χ0v) is 21.6. The molecule has 3 fully saturated rings. The Balaban J connectivity index is 1.15. The van der Waals surface area contributed by atoms with Gasteiger partial charge in [-0.1, -0.05) is 36.4 Å². The minimum atomic E-state index is -2.47. The van der Waals surface area contributed by atoms with Crippen LogP contribution in [-0.4, -0.2) is 49.7 Å². The first-order valence-electron chi connectivity index (χ1n) is 12.7. The Morgan fingerprint density at radius 2 is 1.95 bits per heavy atom. The van der Waals surface area contributed by atoms with Crippen LogP contribution in [0.15, 0.2) is 55.1 Å². The van der Waals surface area contributed by atoms with E-state index in [0.717, 1.165) is 36.5 Å². The van der Waals surface area contributed by atoms with Crippen LogP contribution in [0.25, 0.3) is 21.9 Å². The highest BCUT2D eigenvalue weighted by atomic mass is 31.1. The van der Waals surface area contributed by atoms with Crippen LogP contribution >= 0.6 is 8.25 Å². The number of anilines is 1. The third-order valence-electron chi connectivity index (χ3n) is 7.72. The SMILES string of the molecule is CC12OC3(CCCC3)OC1[C@@H](CO[P+](=O)Oc1cccc3ccccc13)O[C@H]2n1cnc2c(N)ncnc21. The van der Waals surface area contributed by atoms with Crippen molar-refractivity contribution >= 4 is 36.0 Å². The zero-order valence-electron chi connectivity index (χ0n) is 20.7. The van der Waals surface area contributed by atoms with E-state index < -0.39 is 38.1 Å². The molecule has 196 valence electrons. The number of nitrogens with zero attached hydrogens (tertiary/aromatic N) is 4. The Morgan fingerprint density at radius 3 is 2.82 bits per heavy atom. The molecule has 1 saturated carbocycles. The van der Waals surface area contributed by atoms with Gasteiger partial charge in [-0.2, -0.15) is 0 Å². The van der Waals surface area contributed by atoms with Crippen LogP contribution in [0.1, 0.15) is 38.8 Å². The van der Waals surface area contributed by atoms with E-state index in [2.05, 4.69) is 15.0 Å². The Morgan fingerprint density at radius 1 is 1.13 bits per heavy atom. The summed E-state index contributed by atoms with van der Waals surface area (Å²) in [5, 5.41) is 1.84. The number of fused-ring (bicyclic) bond motifs is 3. The molecule has 5 atom stereocenters. The van der Waals surface area contributed by atoms with Gasteiger partial charge in [0.25, 0.3) is 0 Å². The van der Waals surface area contributed by atoms with E-state index >= 15 is 0 Å². The second-order valence-electron chi connectivity index (χ2n) is 10.1. The van der Waals surface area contributed by atoms with Gasteiger partial charge >= 0.3 is 8.25 Å². The molecule has 3 unspecified atom stereocenters. The van der Waals surface area contributed by atoms with Gasteiger partial charge in [-0.25, -0.2) is 19.5 Å². The first-order chi connectivity index (χ1) is 18.5. The van der Waals surface area contributed by atoms with E-state index in [1.54, 1.807) is 17.0 Å². The normalized spacial score (nSPS) is 28.3. The highest BCUT2D eigenvalue weighted by molar-refractivity contribution is 7.33. The summed E-state index contributed by atoms with van der Waals surface area (Å²) >= 11 is 0. The lowest BCUT2D eigenvalue weighted by molar-refractivity contribution is -0.231. The summed E-state index contributed by atoms with van der Waals surface area (Å²) in [7, 11) is -2.47. The van der Waals surface area contributed by atoms with Gasteiger partial charge in [0, 0.05) is 22.8 Å². The van der Waals surface area contributed by atoms with Crippen LogP contribution in [-0.2, 0) is 23.3 Å². The van der Waals surface area contributed by atoms with Crippen LogP contribution in [0, 0.1) is 0 Å². The molecule has 1 aliphatic carbocycles. The average Bonchev–Trinajstić information content (AvgIpc) is 3.67. The highest BCUT2D eigenvalue weighted by Crippen LogP contribution is 2.56. The molecule has 0 amide bonds. The number of nitrogen functional groups attached to an aromatic ring is 1. The lowest BCUT2D eigenvalue weighted by Gasteiger charge is -2.31. The molecule has 4 aromatic rings. The summed E-state index contributed by atoms with van der Waals surface area (Å²) in [5.74, 6) is 0.102. The standard InChI is InChI=1S/C26H27N5O6P/c1-25-21(35-26(37-25)11-4-5-12-26)19(34-24(25)31-15-30-20-22(27)28-14-29-23(20)31)13-33-38(32)36-18-10-6-8-16-7-2-3-9-17(16)18/h2-3,6-10,14-15,19,21,24H,4-5,11-13H2,1H3,(H2,27,28,29)/q+1/t19-,21?,24-,25?/m1/s1. The molecule has 7 rings (SSSR count). The van der Waals surface area contributed by atoms with Crippen molar-refractivity contribution in [3.63, 3.8) is 0 Å². The van der Waals surface area contributed by atoms with Crippen LogP contribution in [0.4, 0.5) is 5.82 Å². The number of aromatic nitrogens is 4. The summed E-state index contributed by atoms with van der Waals surface area (Å²) in [6.45, 7) is 1.96. The smallest absolute Gasteiger partial charge is 0.382 e. The second-order valence-corrected chi connectivity index (χ2v) is 11.0. The molecule has 3 aliphatic rings. The van der Waals surface area contributed by atoms with E-state index in [1.165, 1.54) is 6.33 Å². The van der Waals surface area contributed by atoms with Gasteiger partial charge in [0.1, 0.15) is 36.3 Å². The fourth-order valence-corrected chi connectivity index (χ4v) is 6.64. The number of imidazole rings is 1. The minimum absolute atomic E-state index is 0.0140. The van der Waals surface area contributed by atoms with Gasteiger partial charge in [-0.3, -0.25) is 4.57 Å². The van der Waals surface area contributed by atoms with Gasteiger partial charge in [0.15, 0.2) is 29.2 Å². The highest BCUT2D eigenvalue weighted by Gasteiger charge is 2.67. The number of hydrogen-bond donors (Lipinski definition) is 1. The summed E-state index contributed by atoms with van der Waals surface area (Å²) in [6.07, 6.45) is 5.01. The van der Waals surface area contributed by atoms with Crippen molar-refractivity contribution in [2.24, 2.45) is 0 Å². The number of benzene rings is 2. The van der Waals surface area contributed by atoms with Crippen molar-refractivity contribution < 1.29 is 27.8 Å². The van der Waals surface area contributed by atoms with E-state index in [9.17, 15) is 4.57 Å². The quantitative estimate of drug-likeness (QED) is 0.347. The predicted octanol–water partition coefficient (Wildman–Crippen LogP) is 4.66. The maximum Gasteiger partial charge on any atom is 0.750 e. The van der Waals surface area contributed by atoms with Crippen molar-refractivity contribution in [3.8, 4) is 5.75 Å². The lowest BCUT2D eigenvalue weighted by atomic mass is 9.96. The molecule has 2 saturated heterocycles. The van der Waals surface area contributed by atoms with Crippen molar-refractivity contribution in [1.82, 2.24) is 19.5 Å². The number of rotatable bonds is 6. The molecule has 11 nitrogen and oxygen atoms in total. The second kappa shape index (κ2) is 8.93. The Bertz CT molecular complexity index is 1540. The van der Waals surface area contributed by atoms with Gasteiger partial charge in [-0.15, -0.1) is 4.52 Å². The summed E-state index contributed by atoms with van der Waals surface area (Å²) in [5.41, 5.74) is 6.17. The molecule has 0 radical (unpaired) electrons. The van der Waals surface area contributed by atoms with Gasteiger partial charge in [0.05, 0.1) is 6.33 Å². The lowest BCUT2D eigenvalue weighted by Crippen LogP contribution is -2.42. The van der Waals surface area contributed by atoms with Crippen LogP contribution in [0.2, 0.25) is 0 Å². The first-order valence-corrected chi connectivity index (χ1v) is 13.8. The predicted molar refractivity (Wildman–Crippen MR) is 137 cm³/mol. The zero-order chi connectivity index (χ0) is 25.9. The Hall–Kier alpha value is -3.21. The number of ether oxygens (including phenoxy) is 3. The van der Waals surface area contributed by atoms with Gasteiger partial charge in [0.2, 0.25) is 0 Å².